The van der Waals surface area contributed by atoms with Crippen molar-refractivity contribution >= 4 is 22.9 Å². The Bertz CT molecular complexity index is 1310. The van der Waals surface area contributed by atoms with Crippen molar-refractivity contribution in [3.8, 4) is 6.07 Å². The standard InChI is InChI=1S/C27H22FN3O/c1-19(21-7-3-2-4-8-21)30-27(32)22(16-29)15-23-18-31(26-10-6-5-9-25(23)26)17-20-11-13-24(28)14-12-20/h2-15,18-19H,17H2,1H3,(H,30,32)/b22-15+/t19-/m0/s1. The highest BCUT2D eigenvalue weighted by Crippen LogP contribution is 2.25. The zero-order valence-electron chi connectivity index (χ0n) is 17.6. The van der Waals surface area contributed by atoms with Crippen molar-refractivity contribution in [1.82, 2.24) is 9.88 Å². The second-order valence-electron chi connectivity index (χ2n) is 7.63. The van der Waals surface area contributed by atoms with Gasteiger partial charge in [0.25, 0.3) is 5.91 Å². The summed E-state index contributed by atoms with van der Waals surface area (Å²) in [4.78, 5) is 12.8. The van der Waals surface area contributed by atoms with E-state index in [4.69, 9.17) is 0 Å². The minimum atomic E-state index is -0.417. The third kappa shape index (κ3) is 4.60. The third-order valence-corrected chi connectivity index (χ3v) is 5.40. The van der Waals surface area contributed by atoms with Crippen LogP contribution in [0, 0.1) is 17.1 Å². The lowest BCUT2D eigenvalue weighted by atomic mass is 10.1. The fourth-order valence-electron chi connectivity index (χ4n) is 3.71. The summed E-state index contributed by atoms with van der Waals surface area (Å²) in [6.07, 6.45) is 3.54. The topological polar surface area (TPSA) is 57.8 Å². The van der Waals surface area contributed by atoms with Gasteiger partial charge >= 0.3 is 0 Å². The summed E-state index contributed by atoms with van der Waals surface area (Å²) < 4.78 is 15.3. The number of carbonyl (C=O) groups is 1. The maximum absolute atomic E-state index is 13.3. The first-order valence-electron chi connectivity index (χ1n) is 10.3. The van der Waals surface area contributed by atoms with E-state index < -0.39 is 5.91 Å². The molecule has 1 atom stereocenters. The minimum Gasteiger partial charge on any atom is -0.345 e. The van der Waals surface area contributed by atoms with Gasteiger partial charge in [-0.3, -0.25) is 4.79 Å². The number of benzene rings is 3. The number of fused-ring (bicyclic) bond motifs is 1. The highest BCUT2D eigenvalue weighted by molar-refractivity contribution is 6.04. The number of nitriles is 1. The zero-order chi connectivity index (χ0) is 22.5. The van der Waals surface area contributed by atoms with E-state index in [2.05, 4.69) is 5.32 Å². The lowest BCUT2D eigenvalue weighted by Gasteiger charge is -2.13. The first-order chi connectivity index (χ1) is 15.5. The summed E-state index contributed by atoms with van der Waals surface area (Å²) in [6, 6.07) is 25.6. The van der Waals surface area contributed by atoms with Crippen LogP contribution in [-0.4, -0.2) is 10.5 Å². The van der Waals surface area contributed by atoms with E-state index in [9.17, 15) is 14.4 Å². The Kier molecular flexibility index (Phi) is 6.14. The Morgan fingerprint density at radius 3 is 2.47 bits per heavy atom. The van der Waals surface area contributed by atoms with Gasteiger partial charge in [-0.1, -0.05) is 60.7 Å². The van der Waals surface area contributed by atoms with E-state index >= 15 is 0 Å². The monoisotopic (exact) mass is 423 g/mol. The van der Waals surface area contributed by atoms with Crippen molar-refractivity contribution < 1.29 is 9.18 Å². The molecule has 4 aromatic rings. The van der Waals surface area contributed by atoms with E-state index in [0.717, 1.165) is 27.6 Å². The number of carbonyl (C=O) groups excluding carboxylic acids is 1. The quantitative estimate of drug-likeness (QED) is 0.324. The average molecular weight is 423 g/mol. The second kappa shape index (κ2) is 9.32. The molecule has 0 bridgehead atoms. The molecule has 0 unspecified atom stereocenters. The number of halogens is 1. The second-order valence-corrected chi connectivity index (χ2v) is 7.63. The Balaban J connectivity index is 1.63. The Labute approximate surface area is 186 Å². The van der Waals surface area contributed by atoms with Crippen molar-refractivity contribution in [3.63, 3.8) is 0 Å². The van der Waals surface area contributed by atoms with E-state index in [1.165, 1.54) is 12.1 Å². The summed E-state index contributed by atoms with van der Waals surface area (Å²) in [5, 5.41) is 13.5. The molecular weight excluding hydrogens is 401 g/mol. The molecule has 1 aromatic heterocycles. The van der Waals surface area contributed by atoms with E-state index in [1.54, 1.807) is 18.2 Å². The summed E-state index contributed by atoms with van der Waals surface area (Å²) >= 11 is 0. The first-order valence-corrected chi connectivity index (χ1v) is 10.3. The third-order valence-electron chi connectivity index (χ3n) is 5.40. The number of nitrogens with one attached hydrogen (secondary N) is 1. The van der Waals surface area contributed by atoms with Gasteiger partial charge in [-0.25, -0.2) is 4.39 Å². The van der Waals surface area contributed by atoms with Crippen molar-refractivity contribution in [3.05, 3.63) is 113 Å². The van der Waals surface area contributed by atoms with Crippen molar-refractivity contribution in [2.24, 2.45) is 0 Å². The fourth-order valence-corrected chi connectivity index (χ4v) is 3.71. The Morgan fingerprint density at radius 1 is 1.06 bits per heavy atom. The summed E-state index contributed by atoms with van der Waals surface area (Å²) in [5.41, 5.74) is 3.71. The van der Waals surface area contributed by atoms with Gasteiger partial charge in [-0.05, 0) is 42.3 Å². The normalized spacial score (nSPS) is 12.3. The highest BCUT2D eigenvalue weighted by Gasteiger charge is 2.15. The van der Waals surface area contributed by atoms with E-state index in [1.807, 2.05) is 78.4 Å². The Morgan fingerprint density at radius 2 is 1.75 bits per heavy atom. The molecule has 158 valence electrons. The van der Waals surface area contributed by atoms with E-state index in [-0.39, 0.29) is 17.4 Å². The molecule has 0 fully saturated rings. The van der Waals surface area contributed by atoms with Crippen LogP contribution < -0.4 is 5.32 Å². The Hall–Kier alpha value is -4.17. The van der Waals surface area contributed by atoms with Gasteiger partial charge < -0.3 is 9.88 Å². The van der Waals surface area contributed by atoms with Gasteiger partial charge in [0.05, 0.1) is 6.04 Å². The van der Waals surface area contributed by atoms with E-state index in [0.29, 0.717) is 6.54 Å². The molecule has 0 saturated heterocycles. The van der Waals surface area contributed by atoms with Gasteiger partial charge in [0.2, 0.25) is 0 Å². The number of amides is 1. The molecule has 4 nitrogen and oxygen atoms in total. The molecule has 0 aliphatic heterocycles. The van der Waals surface area contributed by atoms with Crippen LogP contribution in [0.5, 0.6) is 0 Å². The molecule has 32 heavy (non-hydrogen) atoms. The molecular formula is C27H22FN3O. The molecule has 4 rings (SSSR count). The zero-order valence-corrected chi connectivity index (χ0v) is 17.6. The van der Waals surface area contributed by atoms with Crippen LogP contribution in [0.2, 0.25) is 0 Å². The lowest BCUT2D eigenvalue weighted by molar-refractivity contribution is -0.117. The molecule has 5 heteroatoms. The van der Waals surface area contributed by atoms with Crippen LogP contribution in [0.3, 0.4) is 0 Å². The SMILES string of the molecule is C[C@H](NC(=O)/C(C#N)=C/c1cn(Cc2ccc(F)cc2)c2ccccc12)c1ccccc1. The molecule has 1 heterocycles. The smallest absolute Gasteiger partial charge is 0.262 e. The van der Waals surface area contributed by atoms with Crippen LogP contribution in [-0.2, 0) is 11.3 Å². The summed E-state index contributed by atoms with van der Waals surface area (Å²) in [5.74, 6) is -0.691. The molecule has 0 aliphatic carbocycles. The number of para-hydroxylation sites is 1. The van der Waals surface area contributed by atoms with Gasteiger partial charge in [-0.15, -0.1) is 0 Å². The largest absolute Gasteiger partial charge is 0.345 e. The predicted octanol–water partition coefficient (Wildman–Crippen LogP) is 5.61. The number of hydrogen-bond acceptors (Lipinski definition) is 2. The summed E-state index contributed by atoms with van der Waals surface area (Å²) in [6.45, 7) is 2.44. The summed E-state index contributed by atoms with van der Waals surface area (Å²) in [7, 11) is 0. The van der Waals surface area contributed by atoms with Gasteiger partial charge in [-0.2, -0.15) is 5.26 Å². The van der Waals surface area contributed by atoms with Gasteiger partial charge in [0, 0.05) is 29.2 Å². The molecule has 0 aliphatic rings. The molecule has 1 N–H and O–H groups in total. The van der Waals surface area contributed by atoms with Crippen LogP contribution in [0.4, 0.5) is 4.39 Å². The number of aromatic nitrogens is 1. The average Bonchev–Trinajstić information content (AvgIpc) is 3.16. The maximum Gasteiger partial charge on any atom is 0.262 e. The molecule has 1 amide bonds. The molecule has 3 aromatic carbocycles. The van der Waals surface area contributed by atoms with Gasteiger partial charge in [0.1, 0.15) is 17.5 Å². The number of nitrogens with zero attached hydrogens (tertiary/aromatic N) is 2. The minimum absolute atomic E-state index is 0.0393. The van der Waals surface area contributed by atoms with Crippen LogP contribution >= 0.6 is 0 Å². The van der Waals surface area contributed by atoms with Crippen molar-refractivity contribution in [2.45, 2.75) is 19.5 Å². The fraction of sp³-hybridized carbons (Fsp3) is 0.111. The van der Waals surface area contributed by atoms with Crippen LogP contribution in [0.25, 0.3) is 17.0 Å². The van der Waals surface area contributed by atoms with Crippen LogP contribution in [0.1, 0.15) is 29.7 Å². The predicted molar refractivity (Wildman–Crippen MR) is 124 cm³/mol. The molecule has 0 spiro atoms. The van der Waals surface area contributed by atoms with Gasteiger partial charge in [0.15, 0.2) is 0 Å². The number of hydrogen-bond donors (Lipinski definition) is 1. The molecule has 0 saturated carbocycles. The maximum atomic E-state index is 13.3. The van der Waals surface area contributed by atoms with Crippen molar-refractivity contribution in [2.75, 3.05) is 0 Å². The lowest BCUT2D eigenvalue weighted by Crippen LogP contribution is -2.27. The van der Waals surface area contributed by atoms with Crippen LogP contribution in [0.15, 0.2) is 90.6 Å². The number of rotatable bonds is 6. The highest BCUT2D eigenvalue weighted by atomic mass is 19.1. The first kappa shape index (κ1) is 21.1. The molecule has 0 radical (unpaired) electrons. The van der Waals surface area contributed by atoms with Crippen molar-refractivity contribution in [1.29, 1.82) is 5.26 Å².